The fourth-order valence-corrected chi connectivity index (χ4v) is 7.74. The van der Waals surface area contributed by atoms with Crippen molar-refractivity contribution < 1.29 is 5.11 Å². The number of nitrogens with zero attached hydrogens (tertiary/aromatic N) is 3. The van der Waals surface area contributed by atoms with Gasteiger partial charge < -0.3 is 5.11 Å². The molecule has 0 spiro atoms. The predicted molar refractivity (Wildman–Crippen MR) is 178 cm³/mol. The van der Waals surface area contributed by atoms with Crippen LogP contribution >= 0.6 is 22.7 Å². The summed E-state index contributed by atoms with van der Waals surface area (Å²) < 4.78 is 3.59. The molecule has 5 aromatic carbocycles. The van der Waals surface area contributed by atoms with Gasteiger partial charge in [0, 0.05) is 37.6 Å². The number of aromatic nitrogens is 2. The second-order valence-electron chi connectivity index (χ2n) is 10.0. The van der Waals surface area contributed by atoms with Crippen LogP contribution in [0.1, 0.15) is 0 Å². The number of phenolic OH excluding ortho intramolecular Hbond substituents is 1. The Balaban J connectivity index is 1.32. The number of hydrogen-bond donors (Lipinski definition) is 1. The van der Waals surface area contributed by atoms with Gasteiger partial charge in [-0.3, -0.25) is 4.90 Å². The lowest BCUT2D eigenvalue weighted by Crippen LogP contribution is -2.11. The number of thiazole rings is 1. The van der Waals surface area contributed by atoms with Crippen molar-refractivity contribution in [1.82, 2.24) is 9.97 Å². The molecule has 200 valence electrons. The van der Waals surface area contributed by atoms with Crippen LogP contribution in [-0.4, -0.2) is 15.1 Å². The summed E-state index contributed by atoms with van der Waals surface area (Å²) in [5.41, 5.74) is 5.89. The van der Waals surface area contributed by atoms with E-state index in [1.807, 2.05) is 47.9 Å². The Hall–Kier alpha value is -5.04. The smallest absolute Gasteiger partial charge is 0.137 e. The molecule has 0 bridgehead atoms. The maximum absolute atomic E-state index is 10.5. The van der Waals surface area contributed by atoms with E-state index in [0.717, 1.165) is 49.1 Å². The lowest BCUT2D eigenvalue weighted by molar-refractivity contribution is 0.477. The number of thiophene rings is 1. The molecular weight excluding hydrogens is 555 g/mol. The number of benzene rings is 5. The van der Waals surface area contributed by atoms with Gasteiger partial charge in [-0.15, -0.1) is 22.7 Å². The van der Waals surface area contributed by atoms with E-state index in [9.17, 15) is 5.11 Å². The highest BCUT2D eigenvalue weighted by Gasteiger charge is 2.20. The second-order valence-corrected chi connectivity index (χ2v) is 12.1. The molecule has 6 heteroatoms. The number of aromatic hydroxyl groups is 1. The number of pyridine rings is 1. The summed E-state index contributed by atoms with van der Waals surface area (Å²) in [4.78, 5) is 12.1. The lowest BCUT2D eigenvalue weighted by atomic mass is 10.0. The maximum Gasteiger partial charge on any atom is 0.137 e. The molecule has 8 rings (SSSR count). The van der Waals surface area contributed by atoms with Gasteiger partial charge in [-0.05, 0) is 66.2 Å². The van der Waals surface area contributed by atoms with E-state index in [1.165, 1.54) is 20.2 Å². The third-order valence-corrected chi connectivity index (χ3v) is 9.66. The Morgan fingerprint density at radius 3 is 2.29 bits per heavy atom. The van der Waals surface area contributed by atoms with Crippen molar-refractivity contribution in [2.45, 2.75) is 0 Å². The minimum atomic E-state index is 0.237. The first kappa shape index (κ1) is 24.7. The van der Waals surface area contributed by atoms with E-state index in [1.54, 1.807) is 17.4 Å². The number of fused-ring (bicyclic) bond motifs is 4. The average molecular weight is 578 g/mol. The van der Waals surface area contributed by atoms with Crippen molar-refractivity contribution in [1.29, 1.82) is 0 Å². The minimum absolute atomic E-state index is 0.237. The molecule has 0 aliphatic carbocycles. The molecule has 0 saturated carbocycles. The molecule has 1 N–H and O–H groups in total. The van der Waals surface area contributed by atoms with Gasteiger partial charge in [0.15, 0.2) is 0 Å². The van der Waals surface area contributed by atoms with Crippen molar-refractivity contribution in [2.24, 2.45) is 0 Å². The highest BCUT2D eigenvalue weighted by Crippen LogP contribution is 2.45. The molecule has 3 heterocycles. The van der Waals surface area contributed by atoms with Crippen LogP contribution in [0.2, 0.25) is 0 Å². The maximum atomic E-state index is 10.5. The number of hydrogen-bond acceptors (Lipinski definition) is 6. The van der Waals surface area contributed by atoms with Crippen LogP contribution in [0.15, 0.2) is 134 Å². The van der Waals surface area contributed by atoms with Gasteiger partial charge in [-0.1, -0.05) is 66.7 Å². The molecule has 0 aliphatic rings. The molecule has 0 fully saturated rings. The van der Waals surface area contributed by atoms with Gasteiger partial charge in [-0.25, -0.2) is 9.97 Å². The van der Waals surface area contributed by atoms with Gasteiger partial charge in [-0.2, -0.15) is 0 Å². The molecule has 0 radical (unpaired) electrons. The third-order valence-electron chi connectivity index (χ3n) is 7.47. The molecule has 4 nitrogen and oxygen atoms in total. The first-order valence-electron chi connectivity index (χ1n) is 13.6. The minimum Gasteiger partial charge on any atom is -0.507 e. The van der Waals surface area contributed by atoms with Crippen molar-refractivity contribution in [3.8, 4) is 27.4 Å². The fourth-order valence-electron chi connectivity index (χ4n) is 5.59. The van der Waals surface area contributed by atoms with Crippen LogP contribution in [0, 0.1) is 0 Å². The SMILES string of the molecule is Oc1ccccc1-c1nc2c(-c3cccc(N(c4ccccn4)c4cccc5sc6ccccc6c45)c3)cccc2s1. The van der Waals surface area contributed by atoms with Gasteiger partial charge >= 0.3 is 0 Å². The quantitative estimate of drug-likeness (QED) is 0.221. The van der Waals surface area contributed by atoms with Crippen LogP contribution in [0.3, 0.4) is 0 Å². The van der Waals surface area contributed by atoms with E-state index >= 15 is 0 Å². The third kappa shape index (κ3) is 4.12. The van der Waals surface area contributed by atoms with E-state index in [2.05, 4.69) is 95.9 Å². The first-order chi connectivity index (χ1) is 20.7. The summed E-state index contributed by atoms with van der Waals surface area (Å²) in [7, 11) is 0. The molecule has 0 aliphatic heterocycles. The average Bonchev–Trinajstić information content (AvgIpc) is 3.64. The summed E-state index contributed by atoms with van der Waals surface area (Å²) in [6.07, 6.45) is 1.84. The monoisotopic (exact) mass is 577 g/mol. The molecule has 0 atom stereocenters. The van der Waals surface area contributed by atoms with E-state index in [4.69, 9.17) is 9.97 Å². The largest absolute Gasteiger partial charge is 0.507 e. The Labute approximate surface area is 250 Å². The molecule has 0 amide bonds. The van der Waals surface area contributed by atoms with Crippen LogP contribution in [0.4, 0.5) is 17.2 Å². The van der Waals surface area contributed by atoms with Gasteiger partial charge in [0.2, 0.25) is 0 Å². The molecule has 8 aromatic rings. The number of phenols is 1. The zero-order valence-electron chi connectivity index (χ0n) is 22.3. The van der Waals surface area contributed by atoms with Crippen LogP contribution in [-0.2, 0) is 0 Å². The molecule has 3 aromatic heterocycles. The van der Waals surface area contributed by atoms with Crippen molar-refractivity contribution in [2.75, 3.05) is 4.90 Å². The van der Waals surface area contributed by atoms with Crippen LogP contribution in [0.25, 0.3) is 52.1 Å². The van der Waals surface area contributed by atoms with Crippen molar-refractivity contribution in [3.63, 3.8) is 0 Å². The summed E-state index contributed by atoms with van der Waals surface area (Å²) in [5.74, 6) is 1.09. The van der Waals surface area contributed by atoms with E-state index in [0.29, 0.717) is 0 Å². The molecule has 0 unspecified atom stereocenters. The number of para-hydroxylation sites is 2. The van der Waals surface area contributed by atoms with Crippen molar-refractivity contribution in [3.05, 3.63) is 134 Å². The van der Waals surface area contributed by atoms with E-state index in [-0.39, 0.29) is 5.75 Å². The highest BCUT2D eigenvalue weighted by molar-refractivity contribution is 7.26. The predicted octanol–water partition coefficient (Wildman–Crippen LogP) is 10.6. The Morgan fingerprint density at radius 1 is 0.619 bits per heavy atom. The molecule has 0 saturated heterocycles. The Kier molecular flexibility index (Phi) is 5.95. The summed E-state index contributed by atoms with van der Waals surface area (Å²) in [5, 5.41) is 13.7. The summed E-state index contributed by atoms with van der Waals surface area (Å²) >= 11 is 3.41. The Morgan fingerprint density at radius 2 is 1.38 bits per heavy atom. The number of anilines is 3. The first-order valence-corrected chi connectivity index (χ1v) is 15.3. The fraction of sp³-hybridized carbons (Fsp3) is 0. The summed E-state index contributed by atoms with van der Waals surface area (Å²) in [6, 6.07) is 43.4. The highest BCUT2D eigenvalue weighted by atomic mass is 32.1. The molecular formula is C36H23N3OS2. The van der Waals surface area contributed by atoms with Gasteiger partial charge in [0.05, 0.1) is 21.5 Å². The zero-order chi connectivity index (χ0) is 28.0. The van der Waals surface area contributed by atoms with Gasteiger partial charge in [0.1, 0.15) is 16.6 Å². The van der Waals surface area contributed by atoms with Crippen molar-refractivity contribution >= 4 is 70.3 Å². The second kappa shape index (κ2) is 10.1. The topological polar surface area (TPSA) is 49.3 Å². The lowest BCUT2D eigenvalue weighted by Gasteiger charge is -2.25. The van der Waals surface area contributed by atoms with Crippen LogP contribution < -0.4 is 4.90 Å². The standard InChI is InChI=1S/C36H23N3OS2/c40-29-16-3-1-12-26(29)36-38-35-25(14-8-19-32(35)42-36)23-10-7-11-24(22-23)39(33-20-5-6-21-37-33)28-15-9-18-31-34(28)27-13-2-4-17-30(27)41-31/h1-22,40H. The molecule has 42 heavy (non-hydrogen) atoms. The van der Waals surface area contributed by atoms with E-state index < -0.39 is 0 Å². The summed E-state index contributed by atoms with van der Waals surface area (Å²) in [6.45, 7) is 0. The number of rotatable bonds is 5. The van der Waals surface area contributed by atoms with Crippen LogP contribution in [0.5, 0.6) is 5.75 Å². The normalized spacial score (nSPS) is 11.4. The Bertz CT molecular complexity index is 2240. The van der Waals surface area contributed by atoms with Gasteiger partial charge in [0.25, 0.3) is 0 Å². The zero-order valence-corrected chi connectivity index (χ0v) is 23.9.